The third-order valence-electron chi connectivity index (χ3n) is 3.66. The fourth-order valence-electron chi connectivity index (χ4n) is 2.26. The number of methoxy groups -OCH3 is 1. The van der Waals surface area contributed by atoms with E-state index in [4.69, 9.17) is 4.74 Å². The number of benzene rings is 1. The number of pyridine rings is 1. The van der Waals surface area contributed by atoms with Crippen molar-refractivity contribution < 1.29 is 9.53 Å². The Morgan fingerprint density at radius 3 is 2.85 bits per heavy atom. The van der Waals surface area contributed by atoms with Crippen molar-refractivity contribution in [1.82, 2.24) is 25.1 Å². The van der Waals surface area contributed by atoms with Gasteiger partial charge in [-0.1, -0.05) is 29.5 Å². The number of aromatic nitrogens is 4. The molecule has 0 bridgehead atoms. The van der Waals surface area contributed by atoms with Crippen LogP contribution in [0.3, 0.4) is 0 Å². The molecule has 1 amide bonds. The average molecular weight is 369 g/mol. The summed E-state index contributed by atoms with van der Waals surface area (Å²) in [5, 5.41) is 11.6. The zero-order valence-corrected chi connectivity index (χ0v) is 15.4. The Hall–Kier alpha value is -2.87. The zero-order chi connectivity index (χ0) is 18.4. The highest BCUT2D eigenvalue weighted by molar-refractivity contribution is 7.99. The summed E-state index contributed by atoms with van der Waals surface area (Å²) in [5.74, 6) is 0.703. The van der Waals surface area contributed by atoms with Gasteiger partial charge in [0.2, 0.25) is 11.8 Å². The minimum absolute atomic E-state index is 0.0794. The number of thioether (sulfide) groups is 1. The number of nitrogens with one attached hydrogen (secondary N) is 1. The smallest absolute Gasteiger partial charge is 0.230 e. The lowest BCUT2D eigenvalue weighted by atomic mass is 10.2. The minimum atomic E-state index is -0.0794. The Morgan fingerprint density at radius 2 is 2.08 bits per heavy atom. The van der Waals surface area contributed by atoms with Gasteiger partial charge in [0.25, 0.3) is 0 Å². The number of carbonyl (C=O) groups excluding carboxylic acids is 1. The number of ether oxygens (including phenoxy) is 1. The number of hydrogen-bond donors (Lipinski definition) is 1. The summed E-state index contributed by atoms with van der Waals surface area (Å²) >= 11 is 1.34. The molecule has 2 heterocycles. The maximum absolute atomic E-state index is 12.1. The highest BCUT2D eigenvalue weighted by Crippen LogP contribution is 2.19. The van der Waals surface area contributed by atoms with Crippen LogP contribution in [0.15, 0.2) is 54.1 Å². The van der Waals surface area contributed by atoms with Gasteiger partial charge in [-0.25, -0.2) is 4.98 Å². The molecule has 2 aromatic heterocycles. The Balaban J connectivity index is 1.55. The van der Waals surface area contributed by atoms with Crippen LogP contribution in [0.1, 0.15) is 11.1 Å². The van der Waals surface area contributed by atoms with E-state index in [1.165, 1.54) is 17.3 Å². The molecule has 0 aliphatic carbocycles. The van der Waals surface area contributed by atoms with E-state index in [0.29, 0.717) is 17.6 Å². The average Bonchev–Trinajstić information content (AvgIpc) is 3.14. The van der Waals surface area contributed by atoms with Gasteiger partial charge in [0.1, 0.15) is 6.33 Å². The monoisotopic (exact) mass is 369 g/mol. The predicted octanol–water partition coefficient (Wildman–Crippen LogP) is 2.39. The normalized spacial score (nSPS) is 10.5. The molecule has 0 aliphatic rings. The van der Waals surface area contributed by atoms with E-state index in [-0.39, 0.29) is 11.7 Å². The van der Waals surface area contributed by atoms with E-state index in [1.54, 1.807) is 25.7 Å². The molecular weight excluding hydrogens is 350 g/mol. The molecule has 0 saturated heterocycles. The lowest BCUT2D eigenvalue weighted by molar-refractivity contribution is -0.118. The molecule has 134 valence electrons. The number of carbonyl (C=O) groups is 1. The highest BCUT2D eigenvalue weighted by atomic mass is 32.2. The van der Waals surface area contributed by atoms with Crippen LogP contribution in [-0.4, -0.2) is 38.5 Å². The van der Waals surface area contributed by atoms with Crippen molar-refractivity contribution in [3.63, 3.8) is 0 Å². The first-order valence-corrected chi connectivity index (χ1v) is 9.00. The molecule has 0 atom stereocenters. The summed E-state index contributed by atoms with van der Waals surface area (Å²) in [6.07, 6.45) is 3.30. The van der Waals surface area contributed by atoms with Gasteiger partial charge in [-0.15, -0.1) is 10.2 Å². The van der Waals surface area contributed by atoms with Crippen molar-refractivity contribution in [2.24, 2.45) is 0 Å². The van der Waals surface area contributed by atoms with Crippen LogP contribution in [0, 0.1) is 6.92 Å². The van der Waals surface area contributed by atoms with Gasteiger partial charge in [0.15, 0.2) is 5.16 Å². The van der Waals surface area contributed by atoms with E-state index in [0.717, 1.165) is 11.3 Å². The summed E-state index contributed by atoms with van der Waals surface area (Å²) < 4.78 is 6.94. The van der Waals surface area contributed by atoms with Gasteiger partial charge in [0.05, 0.1) is 12.9 Å². The van der Waals surface area contributed by atoms with Crippen LogP contribution in [0.25, 0.3) is 5.69 Å². The third kappa shape index (κ3) is 4.60. The molecule has 0 aliphatic heterocycles. The third-order valence-corrected chi connectivity index (χ3v) is 4.60. The molecule has 0 unspecified atom stereocenters. The summed E-state index contributed by atoms with van der Waals surface area (Å²) in [7, 11) is 1.56. The van der Waals surface area contributed by atoms with Gasteiger partial charge in [-0.2, -0.15) is 0 Å². The number of rotatable bonds is 7. The number of hydrogen-bond acceptors (Lipinski definition) is 6. The van der Waals surface area contributed by atoms with Crippen molar-refractivity contribution in [2.45, 2.75) is 18.6 Å². The Morgan fingerprint density at radius 1 is 1.27 bits per heavy atom. The molecule has 7 nitrogen and oxygen atoms in total. The largest absolute Gasteiger partial charge is 0.481 e. The Kier molecular flexibility index (Phi) is 5.85. The van der Waals surface area contributed by atoms with Crippen LogP contribution in [0.2, 0.25) is 0 Å². The lowest BCUT2D eigenvalue weighted by Gasteiger charge is -2.08. The number of nitrogens with zero attached hydrogens (tertiary/aromatic N) is 4. The van der Waals surface area contributed by atoms with Crippen molar-refractivity contribution in [1.29, 1.82) is 0 Å². The van der Waals surface area contributed by atoms with Crippen LogP contribution >= 0.6 is 11.8 Å². The Labute approximate surface area is 155 Å². The summed E-state index contributed by atoms with van der Waals surface area (Å²) in [5.41, 5.74) is 3.08. The number of aryl methyl sites for hydroxylation is 1. The fourth-order valence-corrected chi connectivity index (χ4v) is 3.02. The van der Waals surface area contributed by atoms with E-state index in [9.17, 15) is 4.79 Å². The van der Waals surface area contributed by atoms with E-state index < -0.39 is 0 Å². The molecule has 0 radical (unpaired) electrons. The van der Waals surface area contributed by atoms with Crippen LogP contribution in [0.5, 0.6) is 5.88 Å². The van der Waals surface area contributed by atoms with Crippen molar-refractivity contribution in [3.8, 4) is 11.6 Å². The second-order valence-corrected chi connectivity index (χ2v) is 6.53. The first-order chi connectivity index (χ1) is 12.7. The molecule has 0 saturated carbocycles. The van der Waals surface area contributed by atoms with E-state index in [1.807, 2.05) is 41.8 Å². The molecule has 3 aromatic rings. The van der Waals surface area contributed by atoms with Gasteiger partial charge in [-0.05, 0) is 30.7 Å². The summed E-state index contributed by atoms with van der Waals surface area (Å²) in [4.78, 5) is 16.2. The lowest BCUT2D eigenvalue weighted by Crippen LogP contribution is -2.24. The second kappa shape index (κ2) is 8.48. The van der Waals surface area contributed by atoms with Crippen LogP contribution < -0.4 is 10.1 Å². The molecular formula is C18H19N5O2S. The van der Waals surface area contributed by atoms with E-state index >= 15 is 0 Å². The van der Waals surface area contributed by atoms with E-state index in [2.05, 4.69) is 20.5 Å². The highest BCUT2D eigenvalue weighted by Gasteiger charge is 2.10. The molecule has 26 heavy (non-hydrogen) atoms. The zero-order valence-electron chi connectivity index (χ0n) is 14.5. The summed E-state index contributed by atoms with van der Waals surface area (Å²) in [6, 6.07) is 11.7. The molecule has 0 fully saturated rings. The van der Waals surface area contributed by atoms with Crippen molar-refractivity contribution >= 4 is 17.7 Å². The Bertz CT molecular complexity index is 879. The predicted molar refractivity (Wildman–Crippen MR) is 99.5 cm³/mol. The van der Waals surface area contributed by atoms with Crippen molar-refractivity contribution in [2.75, 3.05) is 12.9 Å². The molecule has 1 N–H and O–H groups in total. The van der Waals surface area contributed by atoms with Crippen LogP contribution in [-0.2, 0) is 11.3 Å². The second-order valence-electron chi connectivity index (χ2n) is 5.59. The minimum Gasteiger partial charge on any atom is -0.481 e. The maximum Gasteiger partial charge on any atom is 0.230 e. The van der Waals surface area contributed by atoms with Gasteiger partial charge in [0, 0.05) is 24.5 Å². The maximum atomic E-state index is 12.1. The van der Waals surface area contributed by atoms with Crippen molar-refractivity contribution in [3.05, 3.63) is 60.0 Å². The fraction of sp³-hybridized carbons (Fsp3) is 0.222. The first-order valence-electron chi connectivity index (χ1n) is 8.01. The molecule has 1 aromatic carbocycles. The quantitative estimate of drug-likeness (QED) is 0.644. The van der Waals surface area contributed by atoms with Gasteiger partial charge in [-0.3, -0.25) is 9.36 Å². The molecule has 3 rings (SSSR count). The molecule has 0 spiro atoms. The van der Waals surface area contributed by atoms with Gasteiger partial charge >= 0.3 is 0 Å². The van der Waals surface area contributed by atoms with Crippen LogP contribution in [0.4, 0.5) is 0 Å². The summed E-state index contributed by atoms with van der Waals surface area (Å²) in [6.45, 7) is 2.46. The number of amides is 1. The van der Waals surface area contributed by atoms with Gasteiger partial charge < -0.3 is 10.1 Å². The topological polar surface area (TPSA) is 81.9 Å². The molecule has 8 heteroatoms. The first kappa shape index (κ1) is 17.9. The standard InChI is InChI=1S/C18H19N5O2S/c1-13-3-5-15(6-4-13)23-12-21-22-18(23)26-11-16(24)20-10-14-7-8-19-17(9-14)25-2/h3-9,12H,10-11H2,1-2H3,(H,20,24). The SMILES string of the molecule is COc1cc(CNC(=O)CSc2nncn2-c2ccc(C)cc2)ccn1.